The molecule has 0 bridgehead atoms. The minimum atomic E-state index is -3.93. The fourth-order valence-electron chi connectivity index (χ4n) is 3.55. The number of amides is 1. The first-order valence-corrected chi connectivity index (χ1v) is 12.4. The molecule has 1 aliphatic heterocycles. The Balaban J connectivity index is 1.60. The van der Waals surface area contributed by atoms with E-state index in [1.165, 1.54) is 35.2 Å². The van der Waals surface area contributed by atoms with Crippen LogP contribution in [0.3, 0.4) is 0 Å². The summed E-state index contributed by atoms with van der Waals surface area (Å²) < 4.78 is 51.8. The minimum absolute atomic E-state index is 0.0147. The lowest BCUT2D eigenvalue weighted by Gasteiger charge is -2.25. The molecule has 1 amide bonds. The molecule has 168 valence electrons. The molecule has 1 atom stereocenters. The fourth-order valence-corrected chi connectivity index (χ4v) is 4.99. The van der Waals surface area contributed by atoms with E-state index in [1.807, 2.05) is 0 Å². The Morgan fingerprint density at radius 1 is 1.09 bits per heavy atom. The van der Waals surface area contributed by atoms with E-state index in [0.29, 0.717) is 12.2 Å². The molecule has 2 heterocycles. The minimum Gasteiger partial charge on any atom is -0.439 e. The van der Waals surface area contributed by atoms with Crippen LogP contribution in [-0.4, -0.2) is 38.5 Å². The lowest BCUT2D eigenvalue weighted by atomic mass is 10.1. The maximum Gasteiger partial charge on any atom is 0.290 e. The standard InChI is InChI=1S/C23H21BrFNO5S/c24-17-7-9-19(10-8-17)32(28,29)22-12-11-21(31-22)23(27)26(15-18-5-3-13-30-18)14-16-4-1-2-6-20(16)25/h1-2,4,6-12,18H,3,5,13-15H2. The number of furan rings is 1. The Morgan fingerprint density at radius 2 is 1.84 bits per heavy atom. The van der Waals surface area contributed by atoms with Gasteiger partial charge in [-0.1, -0.05) is 34.1 Å². The molecule has 32 heavy (non-hydrogen) atoms. The summed E-state index contributed by atoms with van der Waals surface area (Å²) in [6.07, 6.45) is 1.53. The molecular formula is C23H21BrFNO5S. The summed E-state index contributed by atoms with van der Waals surface area (Å²) >= 11 is 3.27. The molecule has 1 aromatic heterocycles. The van der Waals surface area contributed by atoms with Gasteiger partial charge in [-0.05, 0) is 55.3 Å². The molecule has 2 aromatic carbocycles. The number of halogens is 2. The lowest BCUT2D eigenvalue weighted by molar-refractivity contribution is 0.0477. The van der Waals surface area contributed by atoms with Crippen LogP contribution in [0, 0.1) is 5.82 Å². The van der Waals surface area contributed by atoms with Gasteiger partial charge in [0.15, 0.2) is 5.76 Å². The summed E-state index contributed by atoms with van der Waals surface area (Å²) in [6.45, 7) is 0.881. The van der Waals surface area contributed by atoms with Crippen molar-refractivity contribution >= 4 is 31.7 Å². The van der Waals surface area contributed by atoms with Crippen LogP contribution in [0.2, 0.25) is 0 Å². The fraction of sp³-hybridized carbons (Fsp3) is 0.261. The van der Waals surface area contributed by atoms with Gasteiger partial charge < -0.3 is 14.1 Å². The number of rotatable bonds is 7. The molecule has 0 N–H and O–H groups in total. The van der Waals surface area contributed by atoms with E-state index in [0.717, 1.165) is 17.3 Å². The van der Waals surface area contributed by atoms with Crippen molar-refractivity contribution in [1.29, 1.82) is 0 Å². The van der Waals surface area contributed by atoms with E-state index in [1.54, 1.807) is 30.3 Å². The summed E-state index contributed by atoms with van der Waals surface area (Å²) in [4.78, 5) is 14.7. The smallest absolute Gasteiger partial charge is 0.290 e. The molecule has 1 fully saturated rings. The van der Waals surface area contributed by atoms with Crippen molar-refractivity contribution in [3.05, 3.63) is 82.3 Å². The molecule has 0 aliphatic carbocycles. The summed E-state index contributed by atoms with van der Waals surface area (Å²) in [5, 5.41) is -0.328. The molecule has 1 saturated heterocycles. The molecule has 9 heteroatoms. The van der Waals surface area contributed by atoms with Crippen LogP contribution in [0.5, 0.6) is 0 Å². The molecular weight excluding hydrogens is 501 g/mol. The maximum absolute atomic E-state index is 14.2. The van der Waals surface area contributed by atoms with E-state index in [2.05, 4.69) is 15.9 Å². The molecule has 0 saturated carbocycles. The van der Waals surface area contributed by atoms with Gasteiger partial charge in [-0.2, -0.15) is 0 Å². The van der Waals surface area contributed by atoms with Crippen LogP contribution in [0.25, 0.3) is 0 Å². The Bertz CT molecular complexity index is 1200. The number of carbonyl (C=O) groups excluding carboxylic acids is 1. The van der Waals surface area contributed by atoms with Gasteiger partial charge in [0.2, 0.25) is 14.9 Å². The second-order valence-corrected chi connectivity index (χ2v) is 10.3. The van der Waals surface area contributed by atoms with Crippen molar-refractivity contribution in [2.75, 3.05) is 13.2 Å². The van der Waals surface area contributed by atoms with E-state index < -0.39 is 21.6 Å². The number of nitrogens with zero attached hydrogens (tertiary/aromatic N) is 1. The van der Waals surface area contributed by atoms with Gasteiger partial charge in [-0.15, -0.1) is 0 Å². The van der Waals surface area contributed by atoms with Crippen molar-refractivity contribution in [2.45, 2.75) is 35.5 Å². The number of sulfone groups is 1. The van der Waals surface area contributed by atoms with Gasteiger partial charge in [0, 0.05) is 29.7 Å². The average Bonchev–Trinajstić information content (AvgIpc) is 3.47. The molecule has 1 aliphatic rings. The average molecular weight is 522 g/mol. The number of carbonyl (C=O) groups is 1. The first-order valence-electron chi connectivity index (χ1n) is 10.1. The number of benzene rings is 2. The second-order valence-electron chi connectivity index (χ2n) is 7.49. The van der Waals surface area contributed by atoms with Crippen LogP contribution in [-0.2, 0) is 21.1 Å². The van der Waals surface area contributed by atoms with E-state index in [4.69, 9.17) is 9.15 Å². The Labute approximate surface area is 194 Å². The highest BCUT2D eigenvalue weighted by Gasteiger charge is 2.28. The summed E-state index contributed by atoms with van der Waals surface area (Å²) in [7, 11) is -3.93. The molecule has 3 aromatic rings. The lowest BCUT2D eigenvalue weighted by Crippen LogP contribution is -2.37. The van der Waals surface area contributed by atoms with Crippen molar-refractivity contribution in [3.8, 4) is 0 Å². The van der Waals surface area contributed by atoms with Gasteiger partial charge in [0.25, 0.3) is 5.91 Å². The van der Waals surface area contributed by atoms with Gasteiger partial charge in [-0.25, -0.2) is 12.8 Å². The van der Waals surface area contributed by atoms with Crippen molar-refractivity contribution in [3.63, 3.8) is 0 Å². The Morgan fingerprint density at radius 3 is 2.53 bits per heavy atom. The van der Waals surface area contributed by atoms with Crippen molar-refractivity contribution < 1.29 is 26.8 Å². The highest BCUT2D eigenvalue weighted by atomic mass is 79.9. The first-order chi connectivity index (χ1) is 15.3. The molecule has 0 radical (unpaired) electrons. The van der Waals surface area contributed by atoms with E-state index in [9.17, 15) is 17.6 Å². The topological polar surface area (TPSA) is 76.8 Å². The Kier molecular flexibility index (Phi) is 6.78. The largest absolute Gasteiger partial charge is 0.439 e. The predicted octanol–water partition coefficient (Wildman–Crippen LogP) is 4.84. The first kappa shape index (κ1) is 22.7. The zero-order valence-electron chi connectivity index (χ0n) is 17.0. The van der Waals surface area contributed by atoms with Crippen molar-refractivity contribution in [1.82, 2.24) is 4.90 Å². The third-order valence-electron chi connectivity index (χ3n) is 5.24. The van der Waals surface area contributed by atoms with Gasteiger partial charge >= 0.3 is 0 Å². The summed E-state index contributed by atoms with van der Waals surface area (Å²) in [5.74, 6) is -1.08. The van der Waals surface area contributed by atoms with Crippen molar-refractivity contribution in [2.24, 2.45) is 0 Å². The van der Waals surface area contributed by atoms with E-state index in [-0.39, 0.29) is 34.9 Å². The Hall–Kier alpha value is -2.49. The summed E-state index contributed by atoms with van der Waals surface area (Å²) in [5.41, 5.74) is 0.355. The normalized spacial score (nSPS) is 16.2. The molecule has 6 nitrogen and oxygen atoms in total. The van der Waals surface area contributed by atoms with Gasteiger partial charge in [0.1, 0.15) is 5.82 Å². The predicted molar refractivity (Wildman–Crippen MR) is 118 cm³/mol. The third-order valence-corrected chi connectivity index (χ3v) is 7.41. The quantitative estimate of drug-likeness (QED) is 0.444. The van der Waals surface area contributed by atoms with Crippen LogP contribution in [0.15, 0.2) is 79.5 Å². The SMILES string of the molecule is O=C(c1ccc(S(=O)(=O)c2ccc(Br)cc2)o1)N(Cc1ccccc1F)CC1CCCO1. The zero-order valence-corrected chi connectivity index (χ0v) is 19.4. The number of ether oxygens (including phenoxy) is 1. The monoisotopic (exact) mass is 521 g/mol. The van der Waals surface area contributed by atoms with Crippen LogP contribution in [0.4, 0.5) is 4.39 Å². The van der Waals surface area contributed by atoms with Crippen LogP contribution >= 0.6 is 15.9 Å². The third kappa shape index (κ3) is 4.95. The maximum atomic E-state index is 14.2. The zero-order chi connectivity index (χ0) is 22.7. The highest BCUT2D eigenvalue weighted by Crippen LogP contribution is 2.26. The van der Waals surface area contributed by atoms with E-state index >= 15 is 0 Å². The molecule has 0 spiro atoms. The molecule has 1 unspecified atom stereocenters. The highest BCUT2D eigenvalue weighted by molar-refractivity contribution is 9.10. The van der Waals surface area contributed by atoms with Gasteiger partial charge in [-0.3, -0.25) is 4.79 Å². The number of hydrogen-bond donors (Lipinski definition) is 0. The summed E-state index contributed by atoms with van der Waals surface area (Å²) in [6, 6.07) is 14.9. The molecule has 4 rings (SSSR count). The number of hydrogen-bond acceptors (Lipinski definition) is 5. The van der Waals surface area contributed by atoms with Crippen LogP contribution in [0.1, 0.15) is 29.0 Å². The second kappa shape index (κ2) is 9.56. The van der Waals surface area contributed by atoms with Crippen LogP contribution < -0.4 is 0 Å². The van der Waals surface area contributed by atoms with Gasteiger partial charge in [0.05, 0.1) is 11.0 Å².